The Morgan fingerprint density at radius 3 is 2.78 bits per heavy atom. The molecule has 2 rings (SSSR count). The van der Waals surface area contributed by atoms with Crippen LogP contribution in [0.5, 0.6) is 0 Å². The fourth-order valence-corrected chi connectivity index (χ4v) is 1.90. The number of aromatic nitrogens is 2. The van der Waals surface area contributed by atoms with E-state index in [1.807, 2.05) is 13.8 Å². The van der Waals surface area contributed by atoms with Crippen molar-refractivity contribution in [2.75, 3.05) is 0 Å². The highest BCUT2D eigenvalue weighted by Gasteiger charge is 2.13. The molecule has 2 aromatic rings. The first-order valence-corrected chi connectivity index (χ1v) is 5.72. The van der Waals surface area contributed by atoms with Crippen LogP contribution in [0.25, 0.3) is 5.52 Å². The summed E-state index contributed by atoms with van der Waals surface area (Å²) in [6.45, 7) is 4.09. The van der Waals surface area contributed by atoms with Crippen LogP contribution in [-0.4, -0.2) is 26.7 Å². The average molecular weight is 246 g/mol. The number of aldehydes is 1. The SMILES string of the molecule is CC(C)Cc1nc(C=O)c2ccc(C(=O)O)cn12. The standard InChI is InChI=1S/C13H14N2O3/c1-8(2)5-12-14-10(7-16)11-4-3-9(13(17)18)6-15(11)12/h3-4,6-8H,5H2,1-2H3,(H,17,18). The number of pyridine rings is 1. The van der Waals surface area contributed by atoms with Crippen molar-refractivity contribution in [2.24, 2.45) is 5.92 Å². The minimum absolute atomic E-state index is 0.183. The topological polar surface area (TPSA) is 71.7 Å². The molecule has 0 amide bonds. The lowest BCUT2D eigenvalue weighted by atomic mass is 10.1. The Morgan fingerprint density at radius 2 is 2.22 bits per heavy atom. The molecule has 0 atom stereocenters. The molecule has 2 heterocycles. The molecule has 0 radical (unpaired) electrons. The van der Waals surface area contributed by atoms with Gasteiger partial charge in [0.15, 0.2) is 6.29 Å². The molecule has 0 aromatic carbocycles. The summed E-state index contributed by atoms with van der Waals surface area (Å²) in [5, 5.41) is 8.98. The van der Waals surface area contributed by atoms with E-state index in [-0.39, 0.29) is 5.56 Å². The van der Waals surface area contributed by atoms with E-state index in [1.165, 1.54) is 12.3 Å². The first-order chi connectivity index (χ1) is 8.52. The van der Waals surface area contributed by atoms with Crippen LogP contribution in [0.2, 0.25) is 0 Å². The van der Waals surface area contributed by atoms with E-state index in [9.17, 15) is 9.59 Å². The molecule has 0 aliphatic rings. The minimum atomic E-state index is -0.992. The maximum Gasteiger partial charge on any atom is 0.337 e. The van der Waals surface area contributed by atoms with Crippen molar-refractivity contribution in [2.45, 2.75) is 20.3 Å². The van der Waals surface area contributed by atoms with Crippen LogP contribution in [0.15, 0.2) is 18.3 Å². The molecule has 1 N–H and O–H groups in total. The lowest BCUT2D eigenvalue weighted by Gasteiger charge is -2.04. The summed E-state index contributed by atoms with van der Waals surface area (Å²) in [5.41, 5.74) is 1.18. The third-order valence-electron chi connectivity index (χ3n) is 2.69. The molecule has 0 saturated heterocycles. The Morgan fingerprint density at radius 1 is 1.50 bits per heavy atom. The van der Waals surface area contributed by atoms with Gasteiger partial charge in [-0.3, -0.25) is 4.79 Å². The normalized spacial score (nSPS) is 11.1. The molecular formula is C13H14N2O3. The molecule has 0 bridgehead atoms. The van der Waals surface area contributed by atoms with Gasteiger partial charge in [-0.2, -0.15) is 0 Å². The van der Waals surface area contributed by atoms with Crippen LogP contribution in [-0.2, 0) is 6.42 Å². The van der Waals surface area contributed by atoms with Crippen LogP contribution in [0, 0.1) is 5.92 Å². The van der Waals surface area contributed by atoms with E-state index in [4.69, 9.17) is 5.11 Å². The number of imidazole rings is 1. The zero-order chi connectivity index (χ0) is 13.3. The number of hydrogen-bond acceptors (Lipinski definition) is 3. The molecule has 0 spiro atoms. The Hall–Kier alpha value is -2.17. The summed E-state index contributed by atoms with van der Waals surface area (Å²) in [6.07, 6.45) is 2.90. The molecule has 0 aliphatic carbocycles. The Balaban J connectivity index is 2.65. The van der Waals surface area contributed by atoms with E-state index >= 15 is 0 Å². The summed E-state index contributed by atoms with van der Waals surface area (Å²) >= 11 is 0. The second-order valence-electron chi connectivity index (χ2n) is 4.61. The predicted octanol–water partition coefficient (Wildman–Crippen LogP) is 2.04. The van der Waals surface area contributed by atoms with Crippen molar-refractivity contribution in [3.8, 4) is 0 Å². The predicted molar refractivity (Wildman–Crippen MR) is 66.1 cm³/mol. The molecule has 5 heteroatoms. The number of carboxylic acid groups (broad SMARTS) is 1. The monoisotopic (exact) mass is 246 g/mol. The Labute approximate surface area is 104 Å². The van der Waals surface area contributed by atoms with Crippen molar-refractivity contribution in [1.82, 2.24) is 9.38 Å². The van der Waals surface area contributed by atoms with E-state index in [1.54, 1.807) is 10.5 Å². The maximum absolute atomic E-state index is 11.0. The van der Waals surface area contributed by atoms with Crippen molar-refractivity contribution >= 4 is 17.8 Å². The number of carboxylic acids is 1. The van der Waals surface area contributed by atoms with Gasteiger partial charge in [-0.05, 0) is 18.1 Å². The molecular weight excluding hydrogens is 232 g/mol. The van der Waals surface area contributed by atoms with Crippen LogP contribution >= 0.6 is 0 Å². The molecule has 0 aliphatic heterocycles. The molecule has 2 aromatic heterocycles. The quantitative estimate of drug-likeness (QED) is 0.838. The largest absolute Gasteiger partial charge is 0.478 e. The molecule has 18 heavy (non-hydrogen) atoms. The van der Waals surface area contributed by atoms with Crippen LogP contribution < -0.4 is 0 Å². The van der Waals surface area contributed by atoms with Gasteiger partial charge in [0.1, 0.15) is 11.5 Å². The summed E-state index contributed by atoms with van der Waals surface area (Å²) in [5.74, 6) is 0.0996. The van der Waals surface area contributed by atoms with E-state index in [0.29, 0.717) is 35.7 Å². The van der Waals surface area contributed by atoms with Crippen molar-refractivity contribution in [3.05, 3.63) is 35.4 Å². The van der Waals surface area contributed by atoms with Crippen LogP contribution in [0.4, 0.5) is 0 Å². The van der Waals surface area contributed by atoms with Crippen molar-refractivity contribution < 1.29 is 14.7 Å². The molecule has 0 saturated carbocycles. The molecule has 0 fully saturated rings. The maximum atomic E-state index is 11.0. The first kappa shape index (κ1) is 12.3. The fraction of sp³-hybridized carbons (Fsp3) is 0.308. The minimum Gasteiger partial charge on any atom is -0.478 e. The number of carbonyl (C=O) groups excluding carboxylic acids is 1. The smallest absolute Gasteiger partial charge is 0.337 e. The van der Waals surface area contributed by atoms with Gasteiger partial charge in [-0.15, -0.1) is 0 Å². The van der Waals surface area contributed by atoms with Gasteiger partial charge in [0.05, 0.1) is 11.1 Å². The van der Waals surface area contributed by atoms with Gasteiger partial charge in [0.25, 0.3) is 0 Å². The summed E-state index contributed by atoms with van der Waals surface area (Å²) in [6, 6.07) is 3.09. The fourth-order valence-electron chi connectivity index (χ4n) is 1.90. The Bertz CT molecular complexity index is 614. The third kappa shape index (κ3) is 2.11. The van der Waals surface area contributed by atoms with Gasteiger partial charge in [-0.1, -0.05) is 13.8 Å². The number of nitrogens with zero attached hydrogens (tertiary/aromatic N) is 2. The van der Waals surface area contributed by atoms with Gasteiger partial charge in [0, 0.05) is 12.6 Å². The van der Waals surface area contributed by atoms with Crippen LogP contribution in [0.3, 0.4) is 0 Å². The summed E-state index contributed by atoms with van der Waals surface area (Å²) in [7, 11) is 0. The number of hydrogen-bond donors (Lipinski definition) is 1. The lowest BCUT2D eigenvalue weighted by Crippen LogP contribution is -2.03. The number of carbonyl (C=O) groups is 2. The highest BCUT2D eigenvalue weighted by atomic mass is 16.4. The highest BCUT2D eigenvalue weighted by molar-refractivity contribution is 5.89. The molecule has 0 unspecified atom stereocenters. The van der Waals surface area contributed by atoms with Crippen molar-refractivity contribution in [3.63, 3.8) is 0 Å². The van der Waals surface area contributed by atoms with Crippen molar-refractivity contribution in [1.29, 1.82) is 0 Å². The average Bonchev–Trinajstić information content (AvgIpc) is 2.66. The van der Waals surface area contributed by atoms with E-state index in [2.05, 4.69) is 4.98 Å². The summed E-state index contributed by atoms with van der Waals surface area (Å²) < 4.78 is 1.69. The third-order valence-corrected chi connectivity index (χ3v) is 2.69. The second kappa shape index (κ2) is 4.60. The number of aromatic carboxylic acids is 1. The van der Waals surface area contributed by atoms with Gasteiger partial charge >= 0.3 is 5.97 Å². The first-order valence-electron chi connectivity index (χ1n) is 5.72. The van der Waals surface area contributed by atoms with Gasteiger partial charge < -0.3 is 9.51 Å². The number of fused-ring (bicyclic) bond motifs is 1. The highest BCUT2D eigenvalue weighted by Crippen LogP contribution is 2.16. The molecule has 94 valence electrons. The van der Waals surface area contributed by atoms with Crippen LogP contribution in [0.1, 0.15) is 40.5 Å². The zero-order valence-corrected chi connectivity index (χ0v) is 10.3. The molecule has 5 nitrogen and oxygen atoms in total. The number of rotatable bonds is 4. The van der Waals surface area contributed by atoms with E-state index < -0.39 is 5.97 Å². The summed E-state index contributed by atoms with van der Waals surface area (Å²) in [4.78, 5) is 26.1. The van der Waals surface area contributed by atoms with E-state index in [0.717, 1.165) is 0 Å². The zero-order valence-electron chi connectivity index (χ0n) is 10.3. The second-order valence-corrected chi connectivity index (χ2v) is 4.61. The van der Waals surface area contributed by atoms with Gasteiger partial charge in [0.2, 0.25) is 0 Å². The Kier molecular flexibility index (Phi) is 3.14. The van der Waals surface area contributed by atoms with Gasteiger partial charge in [-0.25, -0.2) is 9.78 Å². The lowest BCUT2D eigenvalue weighted by molar-refractivity contribution is 0.0696.